The maximum absolute atomic E-state index is 8.36. The molecule has 0 fully saturated rings. The first kappa shape index (κ1) is 71.7. The van der Waals surface area contributed by atoms with Gasteiger partial charge in [0.2, 0.25) is 0 Å². The summed E-state index contributed by atoms with van der Waals surface area (Å²) < 4.78 is 0. The molecule has 18 heteroatoms. The Morgan fingerprint density at radius 1 is 0.611 bits per heavy atom. The zero-order valence-corrected chi connectivity index (χ0v) is 13.8. The van der Waals surface area contributed by atoms with Crippen LogP contribution in [0.4, 0.5) is 0 Å². The fraction of sp³-hybridized carbons (Fsp3) is 0. The Balaban J connectivity index is -0.00000000827. The van der Waals surface area contributed by atoms with Crippen LogP contribution in [-0.2, 0) is 0 Å². The number of hydrogen-bond donors (Lipinski definition) is 1. The molecule has 11 N–H and O–H groups in total. The minimum absolute atomic E-state index is 0. The molecule has 0 rings (SSSR count). The molecule has 0 bridgehead atoms. The Hall–Kier alpha value is -1.72. The first-order valence-corrected chi connectivity index (χ1v) is 1.66. The molecular weight excluding hydrogens is 475 g/mol. The van der Waals surface area contributed by atoms with E-state index in [0.717, 1.165) is 0 Å². The molecule has 0 aliphatic rings. The summed E-state index contributed by atoms with van der Waals surface area (Å²) in [4.78, 5) is 24.9. The molecule has 0 amide bonds. The standard InChI is InChI=1S/Bi.HNO3.2NO3.5H2O.3H/c;3*2-1(3)4;;;;;;;;/h;(H,2,3,4);;;5*1H2;;;/q;;2*-1;;;;;;;;. The van der Waals surface area contributed by atoms with Crippen molar-refractivity contribution in [2.75, 3.05) is 0 Å². The summed E-state index contributed by atoms with van der Waals surface area (Å²) in [5, 5.41) is 43.1. The van der Waals surface area contributed by atoms with Crippen molar-refractivity contribution in [3.63, 3.8) is 0 Å². The van der Waals surface area contributed by atoms with E-state index in [1.54, 1.807) is 0 Å². The van der Waals surface area contributed by atoms with Gasteiger partial charge < -0.3 is 63.2 Å². The summed E-state index contributed by atoms with van der Waals surface area (Å²) in [6.45, 7) is 0. The van der Waals surface area contributed by atoms with Gasteiger partial charge in [-0.25, -0.2) is 0 Å². The van der Waals surface area contributed by atoms with Crippen molar-refractivity contribution in [1.29, 1.82) is 0 Å². The second-order valence-corrected chi connectivity index (χ2v) is 0.685. The van der Waals surface area contributed by atoms with E-state index in [-0.39, 0.29) is 53.6 Å². The van der Waals surface area contributed by atoms with Crippen molar-refractivity contribution in [3.8, 4) is 0 Å². The third kappa shape index (κ3) is 855. The SMILES string of the molecule is O.O.O.O.O.O=[N+]([O-])O.O=[N+]([O-])[O-].O=[N+]([O-])[O-].[BiH3]. The normalized spacial score (nSPS) is 4.00. The average molecular weight is 489 g/mol. The van der Waals surface area contributed by atoms with Gasteiger partial charge in [-0.15, -0.1) is 10.1 Å². The third-order valence-electron chi connectivity index (χ3n) is 0. The second kappa shape index (κ2) is 58.8. The van der Waals surface area contributed by atoms with Crippen LogP contribution in [0.5, 0.6) is 0 Å². The zero-order chi connectivity index (χ0) is 10.7. The van der Waals surface area contributed by atoms with Gasteiger partial charge in [-0.3, -0.25) is 0 Å². The third-order valence-corrected chi connectivity index (χ3v) is 0. The van der Waals surface area contributed by atoms with Crippen molar-refractivity contribution in [1.82, 2.24) is 0 Å². The summed E-state index contributed by atoms with van der Waals surface area (Å²) in [6.07, 6.45) is 0. The van der Waals surface area contributed by atoms with E-state index in [0.29, 0.717) is 0 Å². The predicted octanol–water partition coefficient (Wildman–Crippen LogP) is -6.13. The Morgan fingerprint density at radius 3 is 0.611 bits per heavy atom. The van der Waals surface area contributed by atoms with E-state index in [1.165, 1.54) is 0 Å². The molecule has 120 valence electrons. The average Bonchev–Trinajstić information content (AvgIpc) is 1.54. The van der Waals surface area contributed by atoms with Crippen molar-refractivity contribution < 1.29 is 47.8 Å². The Morgan fingerprint density at radius 2 is 0.611 bits per heavy atom. The summed E-state index contributed by atoms with van der Waals surface area (Å²) in [6, 6.07) is 0. The van der Waals surface area contributed by atoms with Crippen molar-refractivity contribution >= 4 is 26.2 Å². The molecule has 0 radical (unpaired) electrons. The van der Waals surface area contributed by atoms with Gasteiger partial charge in [0, 0.05) is 0 Å². The van der Waals surface area contributed by atoms with Gasteiger partial charge in [0.15, 0.2) is 0 Å². The van der Waals surface area contributed by atoms with Crippen LogP contribution in [0.2, 0.25) is 0 Å². The van der Waals surface area contributed by atoms with Crippen molar-refractivity contribution in [2.45, 2.75) is 0 Å². The number of hydrogen-bond acceptors (Lipinski definition) is 8. The monoisotopic (exact) mass is 489 g/mol. The van der Waals surface area contributed by atoms with Gasteiger partial charge in [-0.2, -0.15) is 0 Å². The van der Waals surface area contributed by atoms with Gasteiger partial charge in [0.25, 0.3) is 5.09 Å². The molecule has 0 heterocycles. The van der Waals surface area contributed by atoms with Gasteiger partial charge in [0.05, 0.1) is 10.2 Å². The molecular formula is H14BiN3O14-2. The summed E-state index contributed by atoms with van der Waals surface area (Å²) in [5.41, 5.74) is 0. The molecule has 0 spiro atoms. The van der Waals surface area contributed by atoms with Crippen LogP contribution in [-0.4, -0.2) is 74.1 Å². The molecule has 0 aliphatic heterocycles. The Labute approximate surface area is 115 Å². The molecule has 0 atom stereocenters. The topological polar surface area (TPSA) is 353 Å². The molecule has 0 saturated heterocycles. The molecule has 0 aromatic rings. The van der Waals surface area contributed by atoms with Gasteiger partial charge in [0.1, 0.15) is 0 Å². The number of rotatable bonds is 0. The predicted molar refractivity (Wildman–Crippen MR) is 57.5 cm³/mol. The number of nitrogens with zero attached hydrogens (tertiary/aromatic N) is 3. The fourth-order valence-corrected chi connectivity index (χ4v) is 0. The van der Waals surface area contributed by atoms with E-state index in [4.69, 9.17) is 46.0 Å². The molecule has 17 nitrogen and oxygen atoms in total. The van der Waals surface area contributed by atoms with Gasteiger partial charge >= 0.3 is 26.2 Å². The Bertz CT molecular complexity index is 115. The van der Waals surface area contributed by atoms with Crippen LogP contribution in [0.1, 0.15) is 0 Å². The van der Waals surface area contributed by atoms with Crippen molar-refractivity contribution in [3.05, 3.63) is 40.8 Å². The zero-order valence-electron chi connectivity index (χ0n) is 8.26. The molecule has 0 aromatic carbocycles. The summed E-state index contributed by atoms with van der Waals surface area (Å²) in [7, 11) is 0. The first-order chi connectivity index (χ1) is 5.20. The fourth-order valence-electron chi connectivity index (χ4n) is 0. The molecule has 0 aromatic heterocycles. The van der Waals surface area contributed by atoms with Crippen LogP contribution < -0.4 is 0 Å². The molecule has 0 aliphatic carbocycles. The van der Waals surface area contributed by atoms with E-state index in [9.17, 15) is 0 Å². The maximum atomic E-state index is 8.36. The quantitative estimate of drug-likeness (QED) is 0.192. The van der Waals surface area contributed by atoms with E-state index < -0.39 is 15.3 Å². The molecule has 0 unspecified atom stereocenters. The molecule has 0 saturated carbocycles. The summed E-state index contributed by atoms with van der Waals surface area (Å²) in [5.74, 6) is 0. The summed E-state index contributed by atoms with van der Waals surface area (Å²) >= 11 is 0. The van der Waals surface area contributed by atoms with Crippen LogP contribution in [0.25, 0.3) is 0 Å². The second-order valence-electron chi connectivity index (χ2n) is 0.685. The van der Waals surface area contributed by atoms with Crippen LogP contribution in [0, 0.1) is 40.8 Å². The Kier molecular flexibility index (Phi) is 234. The van der Waals surface area contributed by atoms with E-state index in [1.807, 2.05) is 0 Å². The first-order valence-electron chi connectivity index (χ1n) is 1.66. The van der Waals surface area contributed by atoms with Crippen molar-refractivity contribution in [2.24, 2.45) is 0 Å². The van der Waals surface area contributed by atoms with Crippen LogP contribution in [0.15, 0.2) is 0 Å². The van der Waals surface area contributed by atoms with Crippen LogP contribution >= 0.6 is 0 Å². The minimum atomic E-state index is -1.75. The van der Waals surface area contributed by atoms with Gasteiger partial charge in [-0.05, 0) is 0 Å². The van der Waals surface area contributed by atoms with Crippen LogP contribution in [0.3, 0.4) is 0 Å². The van der Waals surface area contributed by atoms with Gasteiger partial charge in [-0.1, -0.05) is 0 Å². The van der Waals surface area contributed by atoms with E-state index >= 15 is 0 Å². The van der Waals surface area contributed by atoms with E-state index in [2.05, 4.69) is 0 Å². The molecule has 18 heavy (non-hydrogen) atoms.